The molecule has 2 fully saturated rings. The van der Waals surface area contributed by atoms with Crippen LogP contribution in [0.4, 0.5) is 0 Å². The summed E-state index contributed by atoms with van der Waals surface area (Å²) in [6.45, 7) is 0. The van der Waals surface area contributed by atoms with E-state index in [9.17, 15) is 9.90 Å². The molecule has 0 bridgehead atoms. The molecule has 2 saturated heterocycles. The number of aliphatic hydroxyl groups excluding tert-OH is 1. The number of cyclic esters (lactones) is 1. The fourth-order valence-corrected chi connectivity index (χ4v) is 4.71. The third-order valence-corrected chi connectivity index (χ3v) is 5.78. The van der Waals surface area contributed by atoms with Gasteiger partial charge in [0.25, 0.3) is 0 Å². The summed E-state index contributed by atoms with van der Waals surface area (Å²) in [5.41, 5.74) is 1.26. The van der Waals surface area contributed by atoms with Gasteiger partial charge in [-0.25, -0.2) is 4.79 Å². The largest absolute Gasteiger partial charge is 0.455 e. The van der Waals surface area contributed by atoms with Gasteiger partial charge in [0.2, 0.25) is 0 Å². The lowest BCUT2D eigenvalue weighted by molar-refractivity contribution is -0.139. The van der Waals surface area contributed by atoms with Crippen LogP contribution in [0, 0.1) is 0 Å². The number of aliphatic hydroxyl groups is 1. The minimum Gasteiger partial charge on any atom is -0.455 e. The number of hydrogen-bond donors (Lipinski definition) is 1. The molecule has 19 heavy (non-hydrogen) atoms. The molecule has 0 saturated carbocycles. The van der Waals surface area contributed by atoms with E-state index in [-0.39, 0.29) is 5.97 Å². The number of rotatable bonds is 2. The molecular formula is C13H13NO3S2. The lowest BCUT2D eigenvalue weighted by Crippen LogP contribution is -2.25. The highest BCUT2D eigenvalue weighted by Gasteiger charge is 2.41. The van der Waals surface area contributed by atoms with Crippen molar-refractivity contribution >= 4 is 29.5 Å². The molecule has 0 aromatic carbocycles. The Balaban J connectivity index is 1.79. The van der Waals surface area contributed by atoms with E-state index < -0.39 is 12.2 Å². The van der Waals surface area contributed by atoms with Gasteiger partial charge in [0.05, 0.1) is 9.81 Å². The first-order chi connectivity index (χ1) is 9.25. The number of ether oxygens (including phenoxy) is 1. The van der Waals surface area contributed by atoms with E-state index >= 15 is 0 Å². The van der Waals surface area contributed by atoms with Crippen LogP contribution >= 0.6 is 23.5 Å². The zero-order chi connectivity index (χ0) is 13.2. The lowest BCUT2D eigenvalue weighted by atomic mass is 10.1. The monoisotopic (exact) mass is 295 g/mol. The fourth-order valence-electron chi connectivity index (χ4n) is 2.12. The minimum absolute atomic E-state index is 0.384. The molecule has 0 aliphatic carbocycles. The molecule has 2 atom stereocenters. The number of aromatic nitrogens is 1. The Kier molecular flexibility index (Phi) is 3.81. The molecule has 0 unspecified atom stereocenters. The highest BCUT2D eigenvalue weighted by molar-refractivity contribution is 8.25. The summed E-state index contributed by atoms with van der Waals surface area (Å²) < 4.78 is 6.21. The van der Waals surface area contributed by atoms with Crippen LogP contribution in [0.25, 0.3) is 0 Å². The molecule has 1 aromatic rings. The minimum atomic E-state index is -0.845. The molecule has 1 aromatic heterocycles. The molecular weight excluding hydrogens is 282 g/mol. The van der Waals surface area contributed by atoms with E-state index in [1.54, 1.807) is 29.7 Å². The zero-order valence-corrected chi connectivity index (χ0v) is 11.7. The summed E-state index contributed by atoms with van der Waals surface area (Å²) in [5, 5.41) is 10.3. The van der Waals surface area contributed by atoms with Crippen LogP contribution in [-0.2, 0) is 16.0 Å². The van der Waals surface area contributed by atoms with Gasteiger partial charge in [-0.05, 0) is 12.1 Å². The standard InChI is InChI=1S/C13H13NO3S2/c15-11-9(7-8-3-1-2-4-14-8)17-12(16)10(11)13-18-5-6-19-13/h1-4,9,11,15H,5-7H2/t9-,11+/m1/s1. The lowest BCUT2D eigenvalue weighted by Gasteiger charge is -2.12. The molecule has 6 heteroatoms. The maximum atomic E-state index is 11.9. The van der Waals surface area contributed by atoms with Crippen LogP contribution in [-0.4, -0.2) is 39.8 Å². The number of esters is 1. The summed E-state index contributed by atoms with van der Waals surface area (Å²) in [7, 11) is 0. The van der Waals surface area contributed by atoms with Gasteiger partial charge in [0.1, 0.15) is 12.2 Å². The van der Waals surface area contributed by atoms with Crippen LogP contribution in [0.2, 0.25) is 0 Å². The topological polar surface area (TPSA) is 59.4 Å². The molecule has 100 valence electrons. The molecule has 0 spiro atoms. The van der Waals surface area contributed by atoms with Crippen molar-refractivity contribution in [1.82, 2.24) is 4.98 Å². The number of nitrogens with zero attached hydrogens (tertiary/aromatic N) is 1. The first-order valence-corrected chi connectivity index (χ1v) is 8.01. The molecule has 1 N–H and O–H groups in total. The van der Waals surface area contributed by atoms with E-state index in [2.05, 4.69) is 4.98 Å². The van der Waals surface area contributed by atoms with Gasteiger partial charge < -0.3 is 9.84 Å². The molecule has 3 rings (SSSR count). The third kappa shape index (κ3) is 2.66. The molecule has 2 aliphatic rings. The van der Waals surface area contributed by atoms with Crippen LogP contribution in [0.3, 0.4) is 0 Å². The van der Waals surface area contributed by atoms with E-state index in [0.29, 0.717) is 12.0 Å². The van der Waals surface area contributed by atoms with Crippen LogP contribution in [0.15, 0.2) is 34.2 Å². The van der Waals surface area contributed by atoms with E-state index in [4.69, 9.17) is 4.74 Å². The Bertz CT molecular complexity index is 510. The summed E-state index contributed by atoms with van der Waals surface area (Å²) in [5.74, 6) is 1.58. The molecule has 0 radical (unpaired) electrons. The Morgan fingerprint density at radius 3 is 2.84 bits per heavy atom. The number of carbonyl (C=O) groups is 1. The predicted octanol–water partition coefficient (Wildman–Crippen LogP) is 1.60. The van der Waals surface area contributed by atoms with Gasteiger partial charge >= 0.3 is 5.97 Å². The van der Waals surface area contributed by atoms with Crippen molar-refractivity contribution in [2.75, 3.05) is 11.5 Å². The summed E-state index contributed by atoms with van der Waals surface area (Å²) in [6, 6.07) is 5.58. The SMILES string of the molecule is O=C1O[C@H](Cc2ccccn2)[C@H](O)C1=C1SCCS1. The van der Waals surface area contributed by atoms with Crippen LogP contribution in [0.1, 0.15) is 5.69 Å². The van der Waals surface area contributed by atoms with Crippen molar-refractivity contribution in [3.8, 4) is 0 Å². The second-order valence-electron chi connectivity index (χ2n) is 4.31. The average Bonchev–Trinajstić information content (AvgIpc) is 3.01. The number of carbonyl (C=O) groups excluding carboxylic acids is 1. The Morgan fingerprint density at radius 2 is 2.16 bits per heavy atom. The Hall–Kier alpha value is -0.980. The van der Waals surface area contributed by atoms with Crippen molar-refractivity contribution in [2.24, 2.45) is 0 Å². The number of hydrogen-bond acceptors (Lipinski definition) is 6. The van der Waals surface area contributed by atoms with Crippen molar-refractivity contribution in [3.05, 3.63) is 39.9 Å². The van der Waals surface area contributed by atoms with Crippen molar-refractivity contribution in [2.45, 2.75) is 18.6 Å². The third-order valence-electron chi connectivity index (χ3n) is 3.03. The van der Waals surface area contributed by atoms with E-state index in [1.807, 2.05) is 18.2 Å². The molecule has 2 aliphatic heterocycles. The highest BCUT2D eigenvalue weighted by atomic mass is 32.2. The van der Waals surface area contributed by atoms with Crippen molar-refractivity contribution < 1.29 is 14.6 Å². The average molecular weight is 295 g/mol. The highest BCUT2D eigenvalue weighted by Crippen LogP contribution is 2.42. The fraction of sp³-hybridized carbons (Fsp3) is 0.385. The molecule has 3 heterocycles. The maximum Gasteiger partial charge on any atom is 0.338 e. The van der Waals surface area contributed by atoms with Gasteiger partial charge in [-0.2, -0.15) is 0 Å². The molecule has 4 nitrogen and oxygen atoms in total. The first kappa shape index (κ1) is 13.0. The van der Waals surface area contributed by atoms with Crippen molar-refractivity contribution in [3.63, 3.8) is 0 Å². The van der Waals surface area contributed by atoms with Gasteiger partial charge in [-0.15, -0.1) is 23.5 Å². The second kappa shape index (κ2) is 5.56. The first-order valence-electron chi connectivity index (χ1n) is 6.04. The number of pyridine rings is 1. The summed E-state index contributed by atoms with van der Waals surface area (Å²) in [6.07, 6.45) is 0.773. The van der Waals surface area contributed by atoms with E-state index in [1.165, 1.54) is 0 Å². The summed E-state index contributed by atoms with van der Waals surface area (Å²) in [4.78, 5) is 16.1. The van der Waals surface area contributed by atoms with Crippen LogP contribution in [0.5, 0.6) is 0 Å². The van der Waals surface area contributed by atoms with Crippen molar-refractivity contribution in [1.29, 1.82) is 0 Å². The normalized spacial score (nSPS) is 26.9. The Labute approximate surface area is 119 Å². The van der Waals surface area contributed by atoms with E-state index in [0.717, 1.165) is 21.4 Å². The van der Waals surface area contributed by atoms with Gasteiger partial charge in [0.15, 0.2) is 0 Å². The number of thioether (sulfide) groups is 2. The predicted molar refractivity (Wildman–Crippen MR) is 75.8 cm³/mol. The molecule has 0 amide bonds. The van der Waals surface area contributed by atoms with Gasteiger partial charge in [0, 0.05) is 29.8 Å². The second-order valence-corrected chi connectivity index (χ2v) is 6.78. The smallest absolute Gasteiger partial charge is 0.338 e. The maximum absolute atomic E-state index is 11.9. The summed E-state index contributed by atoms with van der Waals surface area (Å²) >= 11 is 3.24. The van der Waals surface area contributed by atoms with Gasteiger partial charge in [-0.1, -0.05) is 6.07 Å². The van der Waals surface area contributed by atoms with Gasteiger partial charge in [-0.3, -0.25) is 4.98 Å². The zero-order valence-electron chi connectivity index (χ0n) is 10.1. The quantitative estimate of drug-likeness (QED) is 0.660. The van der Waals surface area contributed by atoms with Crippen LogP contribution < -0.4 is 0 Å². The Morgan fingerprint density at radius 1 is 1.37 bits per heavy atom.